The maximum absolute atomic E-state index is 5.88. The van der Waals surface area contributed by atoms with Gasteiger partial charge in [0.1, 0.15) is 17.4 Å². The topological polar surface area (TPSA) is 61.0 Å². The van der Waals surface area contributed by atoms with Crippen LogP contribution < -0.4 is 10.5 Å². The van der Waals surface area contributed by atoms with Gasteiger partial charge in [-0.15, -0.1) is 0 Å². The van der Waals surface area contributed by atoms with Crippen LogP contribution >= 0.6 is 0 Å². The van der Waals surface area contributed by atoms with E-state index in [4.69, 9.17) is 10.5 Å². The van der Waals surface area contributed by atoms with Gasteiger partial charge in [-0.1, -0.05) is 26.0 Å². The number of nitrogens with two attached hydrogens (primary N) is 1. The van der Waals surface area contributed by atoms with Gasteiger partial charge in [-0.2, -0.15) is 0 Å². The Labute approximate surface area is 119 Å². The minimum atomic E-state index is 0.253. The van der Waals surface area contributed by atoms with Gasteiger partial charge in [0.2, 0.25) is 0 Å². The van der Waals surface area contributed by atoms with E-state index in [1.807, 2.05) is 30.3 Å². The number of anilines is 1. The van der Waals surface area contributed by atoms with Crippen molar-refractivity contribution in [2.24, 2.45) is 0 Å². The largest absolute Gasteiger partial charge is 0.490 e. The lowest BCUT2D eigenvalue weighted by atomic mass is 10.1. The fourth-order valence-corrected chi connectivity index (χ4v) is 2.00. The van der Waals surface area contributed by atoms with Gasteiger partial charge in [0.05, 0.1) is 11.8 Å². The molecule has 1 saturated carbocycles. The summed E-state index contributed by atoms with van der Waals surface area (Å²) in [4.78, 5) is 8.87. The van der Waals surface area contributed by atoms with E-state index in [1.54, 1.807) is 0 Å². The predicted octanol–water partition coefficient (Wildman–Crippen LogP) is 3.39. The zero-order valence-electron chi connectivity index (χ0n) is 11.8. The molecular weight excluding hydrogens is 250 g/mol. The average molecular weight is 269 g/mol. The van der Waals surface area contributed by atoms with Crippen molar-refractivity contribution in [2.75, 3.05) is 5.73 Å². The fraction of sp³-hybridized carbons (Fsp3) is 0.375. The summed E-state index contributed by atoms with van der Waals surface area (Å²) >= 11 is 0. The van der Waals surface area contributed by atoms with Crippen molar-refractivity contribution in [3.63, 3.8) is 0 Å². The normalized spacial score (nSPS) is 14.6. The van der Waals surface area contributed by atoms with Gasteiger partial charge in [-0.05, 0) is 25.0 Å². The molecule has 4 nitrogen and oxygen atoms in total. The highest BCUT2D eigenvalue weighted by Gasteiger charge is 2.23. The molecule has 1 aliphatic rings. The van der Waals surface area contributed by atoms with Crippen LogP contribution in [0, 0.1) is 0 Å². The maximum atomic E-state index is 5.88. The molecule has 1 fully saturated rings. The Balaban J connectivity index is 1.94. The summed E-state index contributed by atoms with van der Waals surface area (Å²) in [5.74, 6) is 2.43. The minimum Gasteiger partial charge on any atom is -0.490 e. The Kier molecular flexibility index (Phi) is 3.30. The van der Waals surface area contributed by atoms with Crippen LogP contribution in [-0.4, -0.2) is 16.1 Å². The first-order valence-corrected chi connectivity index (χ1v) is 7.03. The molecule has 1 aromatic heterocycles. The van der Waals surface area contributed by atoms with Crippen molar-refractivity contribution < 1.29 is 4.74 Å². The smallest absolute Gasteiger partial charge is 0.133 e. The third-order valence-electron chi connectivity index (χ3n) is 3.24. The number of rotatable bonds is 4. The van der Waals surface area contributed by atoms with Gasteiger partial charge >= 0.3 is 0 Å². The lowest BCUT2D eigenvalue weighted by molar-refractivity contribution is 0.303. The molecule has 0 aliphatic heterocycles. The molecule has 0 unspecified atom stereocenters. The van der Waals surface area contributed by atoms with Crippen LogP contribution in [0.15, 0.2) is 30.3 Å². The summed E-state index contributed by atoms with van der Waals surface area (Å²) in [5.41, 5.74) is 7.74. The molecule has 0 spiro atoms. The molecule has 0 bridgehead atoms. The standard InChI is InChI=1S/C16H19N3O/c1-10(2)16-18-14(9-15(17)19-16)11-4-3-5-13(8-11)20-12-6-7-12/h3-5,8-10,12H,6-7H2,1-2H3,(H2,17,18,19). The number of hydrogen-bond acceptors (Lipinski definition) is 4. The van der Waals surface area contributed by atoms with Crippen LogP contribution in [0.2, 0.25) is 0 Å². The Morgan fingerprint density at radius 2 is 2.00 bits per heavy atom. The van der Waals surface area contributed by atoms with Crippen LogP contribution in [0.1, 0.15) is 38.4 Å². The van der Waals surface area contributed by atoms with Crippen molar-refractivity contribution in [2.45, 2.75) is 38.7 Å². The van der Waals surface area contributed by atoms with E-state index in [2.05, 4.69) is 23.8 Å². The molecule has 2 N–H and O–H groups in total. The highest BCUT2D eigenvalue weighted by atomic mass is 16.5. The average Bonchev–Trinajstić information content (AvgIpc) is 3.22. The van der Waals surface area contributed by atoms with Crippen LogP contribution in [0.25, 0.3) is 11.3 Å². The summed E-state index contributed by atoms with van der Waals surface area (Å²) in [6.07, 6.45) is 2.71. The lowest BCUT2D eigenvalue weighted by Crippen LogP contribution is -2.03. The van der Waals surface area contributed by atoms with Crippen molar-refractivity contribution in [1.29, 1.82) is 0 Å². The third-order valence-corrected chi connectivity index (χ3v) is 3.24. The first-order valence-electron chi connectivity index (χ1n) is 7.03. The van der Waals surface area contributed by atoms with Crippen LogP contribution in [0.3, 0.4) is 0 Å². The van der Waals surface area contributed by atoms with Crippen LogP contribution in [-0.2, 0) is 0 Å². The number of nitrogens with zero attached hydrogens (tertiary/aromatic N) is 2. The first kappa shape index (κ1) is 12.9. The molecule has 0 saturated heterocycles. The van der Waals surface area contributed by atoms with E-state index in [-0.39, 0.29) is 5.92 Å². The predicted molar refractivity (Wildman–Crippen MR) is 79.6 cm³/mol. The fourth-order valence-electron chi connectivity index (χ4n) is 2.00. The number of benzene rings is 1. The molecule has 1 aromatic carbocycles. The Hall–Kier alpha value is -2.10. The van der Waals surface area contributed by atoms with E-state index in [0.717, 1.165) is 35.7 Å². The number of hydrogen-bond donors (Lipinski definition) is 1. The zero-order chi connectivity index (χ0) is 14.1. The molecule has 0 amide bonds. The number of aromatic nitrogens is 2. The SMILES string of the molecule is CC(C)c1nc(N)cc(-c2cccc(OC3CC3)c2)n1. The van der Waals surface area contributed by atoms with Crippen molar-refractivity contribution in [1.82, 2.24) is 9.97 Å². The van der Waals surface area contributed by atoms with Gasteiger partial charge < -0.3 is 10.5 Å². The van der Waals surface area contributed by atoms with Gasteiger partial charge in [0, 0.05) is 17.5 Å². The third kappa shape index (κ3) is 2.90. The van der Waals surface area contributed by atoms with E-state index in [0.29, 0.717) is 11.9 Å². The summed E-state index contributed by atoms with van der Waals surface area (Å²) in [6.45, 7) is 4.12. The quantitative estimate of drug-likeness (QED) is 0.924. The molecule has 1 heterocycles. The van der Waals surface area contributed by atoms with Crippen molar-refractivity contribution in [3.8, 4) is 17.0 Å². The number of ether oxygens (including phenoxy) is 1. The Morgan fingerprint density at radius 3 is 2.70 bits per heavy atom. The van der Waals surface area contributed by atoms with Gasteiger partial charge in [-0.25, -0.2) is 9.97 Å². The molecule has 2 aromatic rings. The molecular formula is C16H19N3O. The van der Waals surface area contributed by atoms with Crippen molar-refractivity contribution in [3.05, 3.63) is 36.2 Å². The summed E-state index contributed by atoms with van der Waals surface area (Å²) in [7, 11) is 0. The van der Waals surface area contributed by atoms with Crippen LogP contribution in [0.4, 0.5) is 5.82 Å². The monoisotopic (exact) mass is 269 g/mol. The second-order valence-corrected chi connectivity index (χ2v) is 5.54. The number of nitrogen functional groups attached to an aromatic ring is 1. The van der Waals surface area contributed by atoms with E-state index >= 15 is 0 Å². The second-order valence-electron chi connectivity index (χ2n) is 5.54. The Morgan fingerprint density at radius 1 is 1.20 bits per heavy atom. The molecule has 20 heavy (non-hydrogen) atoms. The highest BCUT2D eigenvalue weighted by Crippen LogP contribution is 2.30. The summed E-state index contributed by atoms with van der Waals surface area (Å²) < 4.78 is 5.82. The highest BCUT2D eigenvalue weighted by molar-refractivity contribution is 5.63. The maximum Gasteiger partial charge on any atom is 0.133 e. The zero-order valence-corrected chi connectivity index (χ0v) is 11.8. The molecule has 4 heteroatoms. The van der Waals surface area contributed by atoms with E-state index in [1.165, 1.54) is 0 Å². The first-order chi connectivity index (χ1) is 9.61. The van der Waals surface area contributed by atoms with Gasteiger partial charge in [0.25, 0.3) is 0 Å². The molecule has 3 rings (SSSR count). The van der Waals surface area contributed by atoms with E-state index < -0.39 is 0 Å². The van der Waals surface area contributed by atoms with Gasteiger partial charge in [0.15, 0.2) is 0 Å². The lowest BCUT2D eigenvalue weighted by Gasteiger charge is -2.10. The second kappa shape index (κ2) is 5.12. The molecule has 0 radical (unpaired) electrons. The summed E-state index contributed by atoms with van der Waals surface area (Å²) in [5, 5.41) is 0. The molecule has 0 atom stereocenters. The molecule has 104 valence electrons. The van der Waals surface area contributed by atoms with E-state index in [9.17, 15) is 0 Å². The van der Waals surface area contributed by atoms with Crippen LogP contribution in [0.5, 0.6) is 5.75 Å². The Bertz CT molecular complexity index is 621. The summed E-state index contributed by atoms with van der Waals surface area (Å²) in [6, 6.07) is 9.81. The molecule has 1 aliphatic carbocycles. The van der Waals surface area contributed by atoms with Crippen molar-refractivity contribution >= 4 is 5.82 Å². The minimum absolute atomic E-state index is 0.253. The van der Waals surface area contributed by atoms with Gasteiger partial charge in [-0.3, -0.25) is 0 Å².